The number of amides is 2. The number of oxime groups is 1. The average Bonchev–Trinajstić information content (AvgIpc) is 3.19. The molecule has 0 atom stereocenters. The van der Waals surface area contributed by atoms with Crippen molar-refractivity contribution in [2.45, 2.75) is 20.8 Å². The molecule has 1 aliphatic heterocycles. The molecule has 0 radical (unpaired) electrons. The molecular weight excluding hydrogens is 390 g/mol. The summed E-state index contributed by atoms with van der Waals surface area (Å²) in [5, 5.41) is 3.90. The second-order valence-electron chi connectivity index (χ2n) is 6.62. The fourth-order valence-electron chi connectivity index (χ4n) is 2.74. The van der Waals surface area contributed by atoms with E-state index >= 15 is 0 Å². The molecule has 2 aromatic carbocycles. The third-order valence-electron chi connectivity index (χ3n) is 4.29. The van der Waals surface area contributed by atoms with Crippen molar-refractivity contribution in [3.63, 3.8) is 0 Å². The van der Waals surface area contributed by atoms with E-state index in [0.29, 0.717) is 23.0 Å². The van der Waals surface area contributed by atoms with Gasteiger partial charge in [0.05, 0.1) is 5.71 Å². The van der Waals surface area contributed by atoms with Crippen molar-refractivity contribution in [2.75, 3.05) is 20.0 Å². The van der Waals surface area contributed by atoms with Crippen molar-refractivity contribution in [3.05, 3.63) is 53.1 Å². The number of hydrogen-bond acceptors (Lipinski definition) is 7. The summed E-state index contributed by atoms with van der Waals surface area (Å²) in [6.07, 6.45) is 0. The number of carbonyl (C=O) groups is 2. The molecule has 2 amide bonds. The first kappa shape index (κ1) is 21.0. The minimum Gasteiger partial charge on any atom is -0.483 e. The summed E-state index contributed by atoms with van der Waals surface area (Å²) in [4.78, 5) is 28.7. The van der Waals surface area contributed by atoms with Crippen LogP contribution in [0.3, 0.4) is 0 Å². The lowest BCUT2D eigenvalue weighted by Crippen LogP contribution is -2.45. The van der Waals surface area contributed by atoms with E-state index in [1.54, 1.807) is 19.1 Å². The van der Waals surface area contributed by atoms with Gasteiger partial charge in [0.15, 0.2) is 24.7 Å². The second kappa shape index (κ2) is 9.64. The summed E-state index contributed by atoms with van der Waals surface area (Å²) in [5.41, 5.74) is 7.70. The first-order valence-corrected chi connectivity index (χ1v) is 9.27. The van der Waals surface area contributed by atoms with Crippen LogP contribution in [0.15, 0.2) is 41.6 Å². The number of carbonyl (C=O) groups excluding carboxylic acids is 2. The number of hydrazine groups is 1. The molecule has 9 heteroatoms. The van der Waals surface area contributed by atoms with Gasteiger partial charge in [-0.2, -0.15) is 0 Å². The Bertz CT molecular complexity index is 953. The number of hydrogen-bond donors (Lipinski definition) is 2. The molecule has 0 saturated carbocycles. The molecule has 0 spiro atoms. The van der Waals surface area contributed by atoms with Crippen LogP contribution in [-0.2, 0) is 14.4 Å². The van der Waals surface area contributed by atoms with E-state index in [1.165, 1.54) is 0 Å². The Morgan fingerprint density at radius 2 is 1.67 bits per heavy atom. The zero-order chi connectivity index (χ0) is 21.5. The van der Waals surface area contributed by atoms with Crippen molar-refractivity contribution in [3.8, 4) is 17.2 Å². The normalized spacial score (nSPS) is 12.3. The summed E-state index contributed by atoms with van der Waals surface area (Å²) < 4.78 is 16.1. The summed E-state index contributed by atoms with van der Waals surface area (Å²) >= 11 is 0. The number of fused-ring (bicyclic) bond motifs is 1. The molecule has 0 unspecified atom stereocenters. The molecule has 1 heterocycles. The number of para-hydroxylation sites is 1. The maximum absolute atomic E-state index is 11.9. The molecule has 30 heavy (non-hydrogen) atoms. The molecule has 0 aromatic heterocycles. The van der Waals surface area contributed by atoms with Gasteiger partial charge in [0.1, 0.15) is 5.75 Å². The fraction of sp³-hybridized carbons (Fsp3) is 0.286. The summed E-state index contributed by atoms with van der Waals surface area (Å²) in [6.45, 7) is 5.13. The van der Waals surface area contributed by atoms with E-state index in [0.717, 1.165) is 16.7 Å². The third-order valence-corrected chi connectivity index (χ3v) is 4.29. The van der Waals surface area contributed by atoms with Gasteiger partial charge in [0.25, 0.3) is 11.8 Å². The van der Waals surface area contributed by atoms with Crippen molar-refractivity contribution >= 4 is 17.5 Å². The second-order valence-corrected chi connectivity index (χ2v) is 6.62. The van der Waals surface area contributed by atoms with Crippen LogP contribution in [0.1, 0.15) is 23.6 Å². The first-order valence-electron chi connectivity index (χ1n) is 9.27. The van der Waals surface area contributed by atoms with Gasteiger partial charge in [-0.05, 0) is 50.1 Å². The minimum atomic E-state index is -0.558. The van der Waals surface area contributed by atoms with Gasteiger partial charge in [-0.25, -0.2) is 0 Å². The predicted octanol–water partition coefficient (Wildman–Crippen LogP) is 2.00. The topological polar surface area (TPSA) is 107 Å². The van der Waals surface area contributed by atoms with Crippen LogP contribution in [0.2, 0.25) is 0 Å². The summed E-state index contributed by atoms with van der Waals surface area (Å²) in [7, 11) is 0. The van der Waals surface area contributed by atoms with Crippen molar-refractivity contribution in [1.29, 1.82) is 0 Å². The van der Waals surface area contributed by atoms with Gasteiger partial charge in [0.2, 0.25) is 6.79 Å². The van der Waals surface area contributed by atoms with Crippen molar-refractivity contribution < 1.29 is 28.6 Å². The van der Waals surface area contributed by atoms with Crippen LogP contribution in [0.25, 0.3) is 0 Å². The van der Waals surface area contributed by atoms with E-state index in [4.69, 9.17) is 19.0 Å². The van der Waals surface area contributed by atoms with Crippen LogP contribution in [0.4, 0.5) is 0 Å². The van der Waals surface area contributed by atoms with Crippen LogP contribution >= 0.6 is 0 Å². The van der Waals surface area contributed by atoms with Gasteiger partial charge in [-0.15, -0.1) is 0 Å². The van der Waals surface area contributed by atoms with E-state index < -0.39 is 11.8 Å². The van der Waals surface area contributed by atoms with E-state index in [-0.39, 0.29) is 20.0 Å². The molecule has 2 N–H and O–H groups in total. The molecular formula is C21H23N3O6. The maximum atomic E-state index is 11.9. The largest absolute Gasteiger partial charge is 0.483 e. The molecule has 0 fully saturated rings. The number of nitrogens with one attached hydrogen (secondary N) is 2. The minimum absolute atomic E-state index is 0.187. The summed E-state index contributed by atoms with van der Waals surface area (Å²) in [6, 6.07) is 11.1. The Labute approximate surface area is 173 Å². The lowest BCUT2D eigenvalue weighted by Gasteiger charge is -2.12. The number of nitrogens with zero attached hydrogens (tertiary/aromatic N) is 1. The Hall–Kier alpha value is -3.75. The van der Waals surface area contributed by atoms with Gasteiger partial charge in [-0.1, -0.05) is 23.4 Å². The molecule has 3 rings (SSSR count). The molecule has 158 valence electrons. The van der Waals surface area contributed by atoms with Crippen LogP contribution in [-0.4, -0.2) is 37.5 Å². The van der Waals surface area contributed by atoms with Gasteiger partial charge in [0, 0.05) is 5.56 Å². The first-order chi connectivity index (χ1) is 14.4. The SMILES string of the molecule is C/C(=N/OCC(=O)NNC(=O)COc1c(C)cccc1C)c1ccc2c(c1)OCO2. The highest BCUT2D eigenvalue weighted by molar-refractivity contribution is 5.99. The highest BCUT2D eigenvalue weighted by Gasteiger charge is 2.14. The quantitative estimate of drug-likeness (QED) is 0.531. The van der Waals surface area contributed by atoms with E-state index in [2.05, 4.69) is 16.0 Å². The van der Waals surface area contributed by atoms with Gasteiger partial charge >= 0.3 is 0 Å². The average molecular weight is 413 g/mol. The lowest BCUT2D eigenvalue weighted by molar-refractivity contribution is -0.132. The summed E-state index contributed by atoms with van der Waals surface area (Å²) in [5.74, 6) is 0.897. The van der Waals surface area contributed by atoms with Gasteiger partial charge in [-0.3, -0.25) is 20.4 Å². The Kier molecular flexibility index (Phi) is 6.74. The Morgan fingerprint density at radius 1 is 1.00 bits per heavy atom. The Morgan fingerprint density at radius 3 is 2.40 bits per heavy atom. The van der Waals surface area contributed by atoms with Gasteiger partial charge < -0.3 is 19.0 Å². The lowest BCUT2D eigenvalue weighted by atomic mass is 10.1. The molecule has 2 aromatic rings. The van der Waals surface area contributed by atoms with E-state index in [9.17, 15) is 9.59 Å². The molecule has 9 nitrogen and oxygen atoms in total. The highest BCUT2D eigenvalue weighted by Crippen LogP contribution is 2.32. The maximum Gasteiger partial charge on any atom is 0.279 e. The van der Waals surface area contributed by atoms with Crippen LogP contribution in [0.5, 0.6) is 17.2 Å². The van der Waals surface area contributed by atoms with Crippen molar-refractivity contribution in [2.24, 2.45) is 5.16 Å². The number of rotatable bonds is 7. The van der Waals surface area contributed by atoms with Crippen LogP contribution in [0, 0.1) is 13.8 Å². The monoisotopic (exact) mass is 413 g/mol. The number of benzene rings is 2. The van der Waals surface area contributed by atoms with Crippen LogP contribution < -0.4 is 25.1 Å². The van der Waals surface area contributed by atoms with E-state index in [1.807, 2.05) is 38.1 Å². The fourth-order valence-corrected chi connectivity index (χ4v) is 2.74. The Balaban J connectivity index is 1.39. The number of aryl methyl sites for hydroxylation is 2. The third kappa shape index (κ3) is 5.40. The molecule has 1 aliphatic rings. The predicted molar refractivity (Wildman–Crippen MR) is 108 cm³/mol. The standard InChI is InChI=1S/C21H23N3O6/c1-13-5-4-6-14(2)21(13)27-10-19(25)22-23-20(26)11-30-24-15(3)16-7-8-17-18(9-16)29-12-28-17/h4-9H,10-12H2,1-3H3,(H,22,25)(H,23,26)/b24-15-. The zero-order valence-electron chi connectivity index (χ0n) is 17.0. The molecule has 0 aliphatic carbocycles. The smallest absolute Gasteiger partial charge is 0.279 e. The molecule has 0 bridgehead atoms. The molecule has 0 saturated heterocycles. The zero-order valence-corrected chi connectivity index (χ0v) is 17.0. The number of ether oxygens (including phenoxy) is 3. The highest BCUT2D eigenvalue weighted by atomic mass is 16.7. The van der Waals surface area contributed by atoms with Crippen molar-refractivity contribution in [1.82, 2.24) is 10.9 Å².